The van der Waals surface area contributed by atoms with Gasteiger partial charge in [-0.2, -0.15) is 0 Å². The first-order chi connectivity index (χ1) is 9.74. The van der Waals surface area contributed by atoms with Gasteiger partial charge in [-0.05, 0) is 36.4 Å². The molecule has 20 heavy (non-hydrogen) atoms. The molecule has 0 aliphatic heterocycles. The van der Waals surface area contributed by atoms with Crippen molar-refractivity contribution in [2.75, 3.05) is 28.4 Å². The third-order valence-electron chi connectivity index (χ3n) is 3.01. The highest BCUT2D eigenvalue weighted by Crippen LogP contribution is 2.42. The van der Waals surface area contributed by atoms with Crippen LogP contribution >= 0.6 is 0 Å². The van der Waals surface area contributed by atoms with Gasteiger partial charge in [0.05, 0.1) is 28.4 Å². The molecule has 2 rings (SSSR count). The first-order valence-electron chi connectivity index (χ1n) is 6.10. The molecule has 4 nitrogen and oxygen atoms in total. The van der Waals surface area contributed by atoms with Crippen LogP contribution in [0.2, 0.25) is 0 Å². The van der Waals surface area contributed by atoms with Gasteiger partial charge in [0.1, 0.15) is 11.5 Å². The largest absolute Gasteiger partial charge is 0.497 e. The van der Waals surface area contributed by atoms with Crippen LogP contribution in [-0.2, 0) is 0 Å². The molecule has 2 aromatic rings. The van der Waals surface area contributed by atoms with Gasteiger partial charge in [0.2, 0.25) is 0 Å². The summed E-state index contributed by atoms with van der Waals surface area (Å²) in [4.78, 5) is 0. The molecule has 0 unspecified atom stereocenters. The number of benzene rings is 2. The zero-order valence-corrected chi connectivity index (χ0v) is 12.0. The Morgan fingerprint density at radius 2 is 1.55 bits per heavy atom. The van der Waals surface area contributed by atoms with Crippen LogP contribution in [0.25, 0.3) is 11.1 Å². The summed E-state index contributed by atoms with van der Waals surface area (Å²) in [5.74, 6) is 2.71. The van der Waals surface area contributed by atoms with Crippen molar-refractivity contribution in [1.82, 2.24) is 0 Å². The van der Waals surface area contributed by atoms with E-state index in [2.05, 4.69) is 6.07 Å². The Morgan fingerprint density at radius 1 is 0.800 bits per heavy atom. The Bertz CT molecular complexity index is 593. The lowest BCUT2D eigenvalue weighted by atomic mass is 10.0. The molecule has 0 aliphatic carbocycles. The van der Waals surface area contributed by atoms with Crippen molar-refractivity contribution in [2.45, 2.75) is 0 Å². The van der Waals surface area contributed by atoms with Crippen LogP contribution in [0.4, 0.5) is 0 Å². The van der Waals surface area contributed by atoms with Gasteiger partial charge in [0.15, 0.2) is 11.5 Å². The summed E-state index contributed by atoms with van der Waals surface area (Å²) in [6.07, 6.45) is 0. The molecule has 0 N–H and O–H groups in total. The minimum absolute atomic E-state index is 0.613. The third kappa shape index (κ3) is 2.50. The SMILES string of the molecule is COc1ccc(OC)c(-c2[c]ccc(OC)c2OC)c1. The van der Waals surface area contributed by atoms with E-state index in [1.54, 1.807) is 40.6 Å². The lowest BCUT2D eigenvalue weighted by Gasteiger charge is -2.15. The van der Waals surface area contributed by atoms with E-state index in [0.717, 1.165) is 16.9 Å². The molecule has 0 saturated carbocycles. The predicted molar refractivity (Wildman–Crippen MR) is 76.9 cm³/mol. The van der Waals surface area contributed by atoms with Crippen molar-refractivity contribution < 1.29 is 18.9 Å². The molecule has 0 aliphatic rings. The van der Waals surface area contributed by atoms with Crippen LogP contribution in [0.3, 0.4) is 0 Å². The molecule has 2 aromatic carbocycles. The highest BCUT2D eigenvalue weighted by molar-refractivity contribution is 5.78. The Kier molecular flexibility index (Phi) is 4.35. The second kappa shape index (κ2) is 6.19. The maximum Gasteiger partial charge on any atom is 0.169 e. The van der Waals surface area contributed by atoms with Crippen LogP contribution in [0.1, 0.15) is 0 Å². The van der Waals surface area contributed by atoms with Gasteiger partial charge in [-0.1, -0.05) is 0 Å². The molecule has 1 radical (unpaired) electrons. The van der Waals surface area contributed by atoms with E-state index >= 15 is 0 Å². The molecule has 0 saturated heterocycles. The van der Waals surface area contributed by atoms with Crippen LogP contribution < -0.4 is 18.9 Å². The van der Waals surface area contributed by atoms with E-state index in [4.69, 9.17) is 18.9 Å². The first-order valence-corrected chi connectivity index (χ1v) is 6.10. The van der Waals surface area contributed by atoms with Crippen molar-refractivity contribution >= 4 is 0 Å². The van der Waals surface area contributed by atoms with Crippen LogP contribution in [0, 0.1) is 6.07 Å². The minimum Gasteiger partial charge on any atom is -0.497 e. The molecule has 0 atom stereocenters. The third-order valence-corrected chi connectivity index (χ3v) is 3.01. The van der Waals surface area contributed by atoms with E-state index in [-0.39, 0.29) is 0 Å². The topological polar surface area (TPSA) is 36.9 Å². The number of hydrogen-bond donors (Lipinski definition) is 0. The van der Waals surface area contributed by atoms with E-state index in [1.807, 2.05) is 18.2 Å². The summed E-state index contributed by atoms with van der Waals surface area (Å²) >= 11 is 0. The van der Waals surface area contributed by atoms with Crippen LogP contribution in [-0.4, -0.2) is 28.4 Å². The number of methoxy groups -OCH3 is 4. The number of hydrogen-bond acceptors (Lipinski definition) is 4. The van der Waals surface area contributed by atoms with Gasteiger partial charge in [-0.15, -0.1) is 0 Å². The quantitative estimate of drug-likeness (QED) is 0.838. The molecular weight excluding hydrogens is 256 g/mol. The monoisotopic (exact) mass is 273 g/mol. The Morgan fingerprint density at radius 3 is 2.15 bits per heavy atom. The molecule has 0 amide bonds. The van der Waals surface area contributed by atoms with E-state index < -0.39 is 0 Å². The Hall–Kier alpha value is -2.36. The normalized spacial score (nSPS) is 10.0. The minimum atomic E-state index is 0.613. The first kappa shape index (κ1) is 14.1. The molecule has 0 bridgehead atoms. The fourth-order valence-electron chi connectivity index (χ4n) is 2.04. The van der Waals surface area contributed by atoms with Crippen molar-refractivity contribution in [3.63, 3.8) is 0 Å². The van der Waals surface area contributed by atoms with Gasteiger partial charge in [-0.25, -0.2) is 0 Å². The molecule has 4 heteroatoms. The van der Waals surface area contributed by atoms with Crippen molar-refractivity contribution in [1.29, 1.82) is 0 Å². The average molecular weight is 273 g/mol. The van der Waals surface area contributed by atoms with Crippen molar-refractivity contribution in [3.8, 4) is 34.1 Å². The van der Waals surface area contributed by atoms with Crippen molar-refractivity contribution in [2.24, 2.45) is 0 Å². The zero-order valence-electron chi connectivity index (χ0n) is 12.0. The average Bonchev–Trinajstić information content (AvgIpc) is 2.53. The Labute approximate surface area is 118 Å². The van der Waals surface area contributed by atoms with E-state index in [9.17, 15) is 0 Å². The van der Waals surface area contributed by atoms with Gasteiger partial charge >= 0.3 is 0 Å². The zero-order chi connectivity index (χ0) is 14.5. The molecule has 0 heterocycles. The highest BCUT2D eigenvalue weighted by Gasteiger charge is 2.16. The fourth-order valence-corrected chi connectivity index (χ4v) is 2.04. The molecule has 105 valence electrons. The van der Waals surface area contributed by atoms with E-state index in [1.165, 1.54) is 0 Å². The smallest absolute Gasteiger partial charge is 0.169 e. The lowest BCUT2D eigenvalue weighted by molar-refractivity contribution is 0.355. The van der Waals surface area contributed by atoms with Crippen LogP contribution in [0.15, 0.2) is 30.3 Å². The fraction of sp³-hybridized carbons (Fsp3) is 0.250. The summed E-state index contributed by atoms with van der Waals surface area (Å²) in [5, 5.41) is 0. The van der Waals surface area contributed by atoms with Gasteiger partial charge < -0.3 is 18.9 Å². The summed E-state index contributed by atoms with van der Waals surface area (Å²) in [5.41, 5.74) is 1.60. The van der Waals surface area contributed by atoms with Gasteiger partial charge in [-0.3, -0.25) is 0 Å². The summed E-state index contributed by atoms with van der Waals surface area (Å²) < 4.78 is 21.4. The highest BCUT2D eigenvalue weighted by atomic mass is 16.5. The van der Waals surface area contributed by atoms with Gasteiger partial charge in [0.25, 0.3) is 0 Å². The Balaban J connectivity index is 2.66. The van der Waals surface area contributed by atoms with Crippen molar-refractivity contribution in [3.05, 3.63) is 36.4 Å². The lowest BCUT2D eigenvalue weighted by Crippen LogP contribution is -1.96. The second-order valence-corrected chi connectivity index (χ2v) is 4.02. The summed E-state index contributed by atoms with van der Waals surface area (Å²) in [7, 11) is 6.45. The molecule has 0 spiro atoms. The number of ether oxygens (including phenoxy) is 4. The standard InChI is InChI=1S/C16H17O4/c1-17-11-8-9-14(18-2)13(10-11)12-6-5-7-15(19-3)16(12)20-4/h5,7-10H,1-4H3. The molecular formula is C16H17O4. The van der Waals surface area contributed by atoms with Crippen LogP contribution in [0.5, 0.6) is 23.0 Å². The van der Waals surface area contributed by atoms with E-state index in [0.29, 0.717) is 17.2 Å². The summed E-state index contributed by atoms with van der Waals surface area (Å²) in [6.45, 7) is 0. The molecule has 0 aromatic heterocycles. The maximum absolute atomic E-state index is 5.44. The maximum atomic E-state index is 5.44. The summed E-state index contributed by atoms with van der Waals surface area (Å²) in [6, 6.07) is 12.3. The number of rotatable bonds is 5. The second-order valence-electron chi connectivity index (χ2n) is 4.02. The predicted octanol–water partition coefficient (Wildman–Crippen LogP) is 3.19. The molecule has 0 fully saturated rings. The van der Waals surface area contributed by atoms with Gasteiger partial charge in [0, 0.05) is 11.1 Å².